The van der Waals surface area contributed by atoms with Gasteiger partial charge in [0.25, 0.3) is 11.8 Å². The molecule has 0 radical (unpaired) electrons. The smallest absolute Gasteiger partial charge is 0.269 e. The Bertz CT molecular complexity index is 1030. The minimum absolute atomic E-state index is 0.00303. The van der Waals surface area contributed by atoms with E-state index in [9.17, 15) is 9.59 Å². The Morgan fingerprint density at radius 3 is 2.79 bits per heavy atom. The molecule has 1 aliphatic rings. The van der Waals surface area contributed by atoms with Crippen molar-refractivity contribution in [1.29, 1.82) is 0 Å². The summed E-state index contributed by atoms with van der Waals surface area (Å²) in [6, 6.07) is 15.1. The number of hydrogen-bond donors (Lipinski definition) is 1. The number of rotatable bonds is 5. The fraction of sp³-hybridized carbons (Fsp3) is 0.273. The first-order valence-electron chi connectivity index (χ1n) is 9.79. The van der Waals surface area contributed by atoms with E-state index in [-0.39, 0.29) is 11.8 Å². The second-order valence-electron chi connectivity index (χ2n) is 7.02. The van der Waals surface area contributed by atoms with Crippen LogP contribution in [0.5, 0.6) is 0 Å². The predicted molar refractivity (Wildman–Crippen MR) is 115 cm³/mol. The molecule has 0 spiro atoms. The molecule has 3 aromatic rings. The van der Waals surface area contributed by atoms with Crippen molar-refractivity contribution in [3.05, 3.63) is 70.2 Å². The normalized spacial score (nSPS) is 13.1. The molecule has 1 N–H and O–H groups in total. The molecule has 0 saturated heterocycles. The average molecular weight is 407 g/mol. The first kappa shape index (κ1) is 19.3. The predicted octanol–water partition coefficient (Wildman–Crippen LogP) is 4.34. The van der Waals surface area contributed by atoms with Gasteiger partial charge in [-0.05, 0) is 66.7 Å². The minimum Gasteiger partial charge on any atom is -0.321 e. The molecule has 6 nitrogen and oxygen atoms in total. The SMILES string of the molecule is CCCc1nnsc1C(=O)Nc1ccc2c(c1)CCCN2C(=O)c1ccccc1. The van der Waals surface area contributed by atoms with Crippen LogP contribution in [0, 0.1) is 0 Å². The summed E-state index contributed by atoms with van der Waals surface area (Å²) < 4.78 is 3.92. The molecule has 7 heteroatoms. The van der Waals surface area contributed by atoms with Crippen LogP contribution in [0.1, 0.15) is 51.1 Å². The van der Waals surface area contributed by atoms with Gasteiger partial charge in [0.1, 0.15) is 4.88 Å². The summed E-state index contributed by atoms with van der Waals surface area (Å²) in [5.41, 5.74) is 4.12. The zero-order chi connectivity index (χ0) is 20.2. The minimum atomic E-state index is -0.184. The van der Waals surface area contributed by atoms with Gasteiger partial charge in [-0.25, -0.2) is 0 Å². The topological polar surface area (TPSA) is 75.2 Å². The summed E-state index contributed by atoms with van der Waals surface area (Å²) in [6.07, 6.45) is 3.42. The molecule has 2 amide bonds. The van der Waals surface area contributed by atoms with Crippen molar-refractivity contribution < 1.29 is 9.59 Å². The maximum absolute atomic E-state index is 12.9. The molecule has 1 aliphatic heterocycles. The van der Waals surface area contributed by atoms with E-state index in [4.69, 9.17) is 0 Å². The van der Waals surface area contributed by atoms with Crippen molar-refractivity contribution in [2.45, 2.75) is 32.6 Å². The lowest BCUT2D eigenvalue weighted by molar-refractivity contribution is 0.0983. The summed E-state index contributed by atoms with van der Waals surface area (Å²) in [4.78, 5) is 28.0. The van der Waals surface area contributed by atoms with E-state index in [0.29, 0.717) is 17.0 Å². The molecular formula is C22H22N4O2S. The Morgan fingerprint density at radius 1 is 1.17 bits per heavy atom. The van der Waals surface area contributed by atoms with Crippen LogP contribution in [-0.2, 0) is 12.8 Å². The second kappa shape index (κ2) is 8.53. The molecule has 0 unspecified atom stereocenters. The number of nitrogens with one attached hydrogen (secondary N) is 1. The number of fused-ring (bicyclic) bond motifs is 1. The third kappa shape index (κ3) is 4.05. The van der Waals surface area contributed by atoms with Crippen molar-refractivity contribution in [1.82, 2.24) is 9.59 Å². The van der Waals surface area contributed by atoms with Crippen molar-refractivity contribution in [2.24, 2.45) is 0 Å². The number of anilines is 2. The van der Waals surface area contributed by atoms with Gasteiger partial charge in [-0.2, -0.15) is 0 Å². The lowest BCUT2D eigenvalue weighted by Crippen LogP contribution is -2.35. The van der Waals surface area contributed by atoms with E-state index in [1.165, 1.54) is 0 Å². The maximum atomic E-state index is 12.9. The van der Waals surface area contributed by atoms with E-state index in [1.807, 2.05) is 60.4 Å². The molecule has 2 heterocycles. The van der Waals surface area contributed by atoms with Gasteiger partial charge in [0, 0.05) is 23.5 Å². The first-order valence-corrected chi connectivity index (χ1v) is 10.6. The van der Waals surface area contributed by atoms with Gasteiger partial charge in [-0.1, -0.05) is 36.0 Å². The summed E-state index contributed by atoms with van der Waals surface area (Å²) >= 11 is 1.12. The standard InChI is InChI=1S/C22H22N4O2S/c1-2-7-18-20(29-25-24-18)21(27)23-17-11-12-19-16(14-17)10-6-13-26(19)22(28)15-8-4-3-5-9-15/h3-5,8-9,11-12,14H,2,6-7,10,13H2,1H3,(H,23,27). The molecule has 0 bridgehead atoms. The van der Waals surface area contributed by atoms with E-state index >= 15 is 0 Å². The van der Waals surface area contributed by atoms with Gasteiger partial charge in [-0.3, -0.25) is 9.59 Å². The summed E-state index contributed by atoms with van der Waals surface area (Å²) in [5, 5.41) is 7.02. The molecule has 0 aliphatic carbocycles. The fourth-order valence-electron chi connectivity index (χ4n) is 3.59. The molecular weight excluding hydrogens is 384 g/mol. The molecule has 29 heavy (non-hydrogen) atoms. The second-order valence-corrected chi connectivity index (χ2v) is 7.78. The molecule has 2 aromatic carbocycles. The van der Waals surface area contributed by atoms with Crippen LogP contribution in [0.25, 0.3) is 0 Å². The summed E-state index contributed by atoms with van der Waals surface area (Å²) in [7, 11) is 0. The lowest BCUT2D eigenvalue weighted by Gasteiger charge is -2.30. The largest absolute Gasteiger partial charge is 0.321 e. The molecule has 0 atom stereocenters. The molecule has 148 valence electrons. The van der Waals surface area contributed by atoms with E-state index in [0.717, 1.165) is 59.8 Å². The van der Waals surface area contributed by atoms with Gasteiger partial charge in [0.15, 0.2) is 0 Å². The molecule has 0 saturated carbocycles. The Morgan fingerprint density at radius 2 is 2.00 bits per heavy atom. The average Bonchev–Trinajstić information content (AvgIpc) is 3.22. The fourth-order valence-corrected chi connectivity index (χ4v) is 4.19. The Labute approximate surface area is 173 Å². The van der Waals surface area contributed by atoms with Crippen molar-refractivity contribution in [3.8, 4) is 0 Å². The van der Waals surface area contributed by atoms with E-state index in [2.05, 4.69) is 14.9 Å². The highest BCUT2D eigenvalue weighted by Crippen LogP contribution is 2.31. The van der Waals surface area contributed by atoms with Gasteiger partial charge in [-0.15, -0.1) is 5.10 Å². The highest BCUT2D eigenvalue weighted by molar-refractivity contribution is 7.08. The maximum Gasteiger partial charge on any atom is 0.269 e. The van der Waals surface area contributed by atoms with Crippen molar-refractivity contribution in [3.63, 3.8) is 0 Å². The van der Waals surface area contributed by atoms with Crippen LogP contribution in [0.15, 0.2) is 48.5 Å². The molecule has 0 fully saturated rings. The number of carbonyl (C=O) groups excluding carboxylic acids is 2. The van der Waals surface area contributed by atoms with Gasteiger partial charge >= 0.3 is 0 Å². The van der Waals surface area contributed by atoms with Crippen molar-refractivity contribution >= 4 is 34.7 Å². The Kier molecular flexibility index (Phi) is 5.67. The highest BCUT2D eigenvalue weighted by Gasteiger charge is 2.24. The van der Waals surface area contributed by atoms with Gasteiger partial charge < -0.3 is 10.2 Å². The third-order valence-corrected chi connectivity index (χ3v) is 5.74. The van der Waals surface area contributed by atoms with Crippen LogP contribution in [0.2, 0.25) is 0 Å². The third-order valence-electron chi connectivity index (χ3n) is 4.97. The lowest BCUT2D eigenvalue weighted by atomic mass is 10.00. The van der Waals surface area contributed by atoms with Crippen molar-refractivity contribution in [2.75, 3.05) is 16.8 Å². The zero-order valence-corrected chi connectivity index (χ0v) is 17.0. The summed E-state index contributed by atoms with van der Waals surface area (Å²) in [6.45, 7) is 2.74. The molecule has 1 aromatic heterocycles. The highest BCUT2D eigenvalue weighted by atomic mass is 32.1. The van der Waals surface area contributed by atoms with Crippen LogP contribution in [-0.4, -0.2) is 27.9 Å². The molecule has 4 rings (SSSR count). The Balaban J connectivity index is 1.55. The van der Waals surface area contributed by atoms with Gasteiger partial charge in [0.05, 0.1) is 5.69 Å². The number of carbonyl (C=O) groups is 2. The van der Waals surface area contributed by atoms with Crippen LogP contribution >= 0.6 is 11.5 Å². The number of aryl methyl sites for hydroxylation is 2. The quantitative estimate of drug-likeness (QED) is 0.684. The number of hydrogen-bond acceptors (Lipinski definition) is 5. The number of benzene rings is 2. The number of aromatic nitrogens is 2. The monoisotopic (exact) mass is 406 g/mol. The van der Waals surface area contributed by atoms with Crippen LogP contribution < -0.4 is 10.2 Å². The Hall–Kier alpha value is -3.06. The summed E-state index contributed by atoms with van der Waals surface area (Å²) in [5.74, 6) is -0.181. The van der Waals surface area contributed by atoms with Crippen LogP contribution in [0.3, 0.4) is 0 Å². The zero-order valence-electron chi connectivity index (χ0n) is 16.2. The number of amides is 2. The number of nitrogens with zero attached hydrogens (tertiary/aromatic N) is 3. The van der Waals surface area contributed by atoms with E-state index in [1.54, 1.807) is 0 Å². The van der Waals surface area contributed by atoms with Gasteiger partial charge in [0.2, 0.25) is 0 Å². The first-order chi connectivity index (χ1) is 14.2. The van der Waals surface area contributed by atoms with Crippen LogP contribution in [0.4, 0.5) is 11.4 Å². The van der Waals surface area contributed by atoms with E-state index < -0.39 is 0 Å².